The van der Waals surface area contributed by atoms with E-state index in [9.17, 15) is 22.8 Å². The van der Waals surface area contributed by atoms with Crippen molar-refractivity contribution in [3.05, 3.63) is 54.3 Å². The Morgan fingerprint density at radius 2 is 1.68 bits per heavy atom. The summed E-state index contributed by atoms with van der Waals surface area (Å²) in [4.78, 5) is 24.4. The molecule has 28 heavy (non-hydrogen) atoms. The molecule has 2 rings (SSSR count). The van der Waals surface area contributed by atoms with E-state index >= 15 is 0 Å². The van der Waals surface area contributed by atoms with E-state index in [1.165, 1.54) is 62.4 Å². The molecule has 0 aromatic heterocycles. The van der Waals surface area contributed by atoms with Crippen molar-refractivity contribution < 1.29 is 32.2 Å². The van der Waals surface area contributed by atoms with Gasteiger partial charge in [0.2, 0.25) is 0 Å². The van der Waals surface area contributed by atoms with Crippen LogP contribution in [0.25, 0.3) is 0 Å². The third-order valence-corrected chi connectivity index (χ3v) is 4.10. The lowest BCUT2D eigenvalue weighted by molar-refractivity contribution is -0.161. The molecule has 0 radical (unpaired) electrons. The highest BCUT2D eigenvalue weighted by Gasteiger charge is 2.32. The van der Waals surface area contributed by atoms with Crippen molar-refractivity contribution >= 4 is 29.3 Å². The average Bonchev–Trinajstić information content (AvgIpc) is 2.62. The van der Waals surface area contributed by atoms with Crippen LogP contribution in [0.5, 0.6) is 5.75 Å². The first-order valence-electron chi connectivity index (χ1n) is 8.12. The maximum atomic E-state index is 12.9. The molecule has 1 N–H and O–H groups in total. The number of alkyl halides is 2. The molecular weight excluding hydrogens is 395 g/mol. The number of anilines is 1. The lowest BCUT2D eigenvalue weighted by Crippen LogP contribution is -2.41. The quantitative estimate of drug-likeness (QED) is 0.511. The highest BCUT2D eigenvalue weighted by Crippen LogP contribution is 2.26. The molecule has 150 valence electrons. The molecule has 2 aromatic rings. The van der Waals surface area contributed by atoms with Crippen LogP contribution in [-0.2, 0) is 14.3 Å². The summed E-state index contributed by atoms with van der Waals surface area (Å²) >= 11 is 0.394. The summed E-state index contributed by atoms with van der Waals surface area (Å²) < 4.78 is 47.9. The van der Waals surface area contributed by atoms with E-state index in [2.05, 4.69) is 5.32 Å². The third kappa shape index (κ3) is 6.80. The van der Waals surface area contributed by atoms with E-state index in [0.29, 0.717) is 22.3 Å². The maximum absolute atomic E-state index is 12.9. The fourth-order valence-corrected chi connectivity index (χ4v) is 2.56. The number of esters is 1. The number of nitrogens with one attached hydrogen (secondary N) is 1. The van der Waals surface area contributed by atoms with Crippen molar-refractivity contribution in [2.75, 3.05) is 11.9 Å². The molecule has 0 aliphatic heterocycles. The van der Waals surface area contributed by atoms with Gasteiger partial charge in [0.05, 0.1) is 0 Å². The van der Waals surface area contributed by atoms with Crippen molar-refractivity contribution in [2.45, 2.75) is 30.1 Å². The molecule has 0 bridgehead atoms. The second kappa shape index (κ2) is 9.50. The van der Waals surface area contributed by atoms with Crippen molar-refractivity contribution in [1.82, 2.24) is 0 Å². The van der Waals surface area contributed by atoms with Crippen LogP contribution >= 0.6 is 11.8 Å². The van der Waals surface area contributed by atoms with Crippen molar-refractivity contribution in [1.29, 1.82) is 0 Å². The Morgan fingerprint density at radius 3 is 2.25 bits per heavy atom. The molecule has 0 spiro atoms. The van der Waals surface area contributed by atoms with Crippen LogP contribution in [0.15, 0.2) is 53.4 Å². The second-order valence-corrected chi connectivity index (χ2v) is 7.16. The summed E-state index contributed by atoms with van der Waals surface area (Å²) in [5, 5.41) is 2.49. The Bertz CT molecular complexity index is 811. The van der Waals surface area contributed by atoms with Gasteiger partial charge < -0.3 is 14.8 Å². The number of amides is 1. The van der Waals surface area contributed by atoms with Gasteiger partial charge in [0.1, 0.15) is 11.6 Å². The van der Waals surface area contributed by atoms with Gasteiger partial charge in [0.15, 0.2) is 12.2 Å². The zero-order valence-corrected chi connectivity index (χ0v) is 15.9. The van der Waals surface area contributed by atoms with Gasteiger partial charge in [-0.25, -0.2) is 9.18 Å². The molecule has 0 fully saturated rings. The zero-order chi connectivity index (χ0) is 20.7. The first-order valence-corrected chi connectivity index (χ1v) is 9.00. The molecule has 0 saturated heterocycles. The molecular formula is C19H18F3NO4S. The number of thioether (sulfide) groups is 1. The molecule has 0 unspecified atom stereocenters. The number of carbonyl (C=O) groups excluding carboxylic acids is 2. The van der Waals surface area contributed by atoms with E-state index in [0.717, 1.165) is 0 Å². The van der Waals surface area contributed by atoms with E-state index in [1.807, 2.05) is 0 Å². The van der Waals surface area contributed by atoms with Gasteiger partial charge in [-0.15, -0.1) is 0 Å². The molecule has 0 aliphatic carbocycles. The third-order valence-electron chi connectivity index (χ3n) is 3.38. The minimum atomic E-state index is -2.53. The number of hydrogen-bond donors (Lipinski definition) is 1. The van der Waals surface area contributed by atoms with Crippen LogP contribution in [0.1, 0.15) is 13.8 Å². The van der Waals surface area contributed by atoms with Crippen molar-refractivity contribution in [2.24, 2.45) is 0 Å². The van der Waals surface area contributed by atoms with Gasteiger partial charge in [0, 0.05) is 10.6 Å². The maximum Gasteiger partial charge on any atom is 0.350 e. The fourth-order valence-electron chi connectivity index (χ4n) is 2.06. The zero-order valence-electron chi connectivity index (χ0n) is 15.1. The summed E-state index contributed by atoms with van der Waals surface area (Å²) in [6.07, 6.45) is 0. The van der Waals surface area contributed by atoms with Crippen molar-refractivity contribution in [3.8, 4) is 5.75 Å². The highest BCUT2D eigenvalue weighted by atomic mass is 32.2. The van der Waals surface area contributed by atoms with Crippen LogP contribution in [0, 0.1) is 5.82 Å². The number of halogens is 3. The highest BCUT2D eigenvalue weighted by molar-refractivity contribution is 7.99. The first-order chi connectivity index (χ1) is 13.2. The molecule has 0 heterocycles. The first kappa shape index (κ1) is 21.6. The number of hydrogen-bond acceptors (Lipinski definition) is 5. The van der Waals surface area contributed by atoms with Crippen LogP contribution in [0.2, 0.25) is 0 Å². The lowest BCUT2D eigenvalue weighted by atomic mass is 10.1. The van der Waals surface area contributed by atoms with Gasteiger partial charge >= 0.3 is 5.97 Å². The average molecular weight is 413 g/mol. The smallest absolute Gasteiger partial charge is 0.350 e. The van der Waals surface area contributed by atoms with Crippen LogP contribution in [0.3, 0.4) is 0 Å². The largest absolute Gasteiger partial charge is 0.476 e. The van der Waals surface area contributed by atoms with Gasteiger partial charge in [-0.2, -0.15) is 8.78 Å². The molecule has 0 aliphatic rings. The number of rotatable bonds is 8. The number of benzene rings is 2. The topological polar surface area (TPSA) is 64.6 Å². The normalized spacial score (nSPS) is 11.2. The van der Waals surface area contributed by atoms with Gasteiger partial charge in [-0.05, 0) is 62.4 Å². The fraction of sp³-hybridized carbons (Fsp3) is 0.263. The second-order valence-electron chi connectivity index (χ2n) is 6.09. The molecule has 2 aromatic carbocycles. The summed E-state index contributed by atoms with van der Waals surface area (Å²) in [7, 11) is 0. The van der Waals surface area contributed by atoms with Crippen LogP contribution < -0.4 is 10.1 Å². The number of ether oxygens (including phenoxy) is 2. The van der Waals surface area contributed by atoms with E-state index in [-0.39, 0.29) is 5.75 Å². The Kier molecular flexibility index (Phi) is 7.33. The summed E-state index contributed by atoms with van der Waals surface area (Å²) in [5.41, 5.74) is -1.02. The standard InChI is InChI=1S/C19H18F3NO4S/c1-19(2,27-14-7-3-12(20)4-8-14)17(25)26-11-16(24)23-13-5-9-15(10-6-13)28-18(21)22/h3-10,18H,11H2,1-2H3,(H,23,24). The van der Waals surface area contributed by atoms with E-state index in [4.69, 9.17) is 9.47 Å². The Balaban J connectivity index is 1.83. The van der Waals surface area contributed by atoms with Gasteiger partial charge in [-0.3, -0.25) is 4.79 Å². The summed E-state index contributed by atoms with van der Waals surface area (Å²) in [5.74, 6) is -4.07. The molecule has 0 atom stereocenters. The van der Waals surface area contributed by atoms with Gasteiger partial charge in [-0.1, -0.05) is 11.8 Å². The van der Waals surface area contributed by atoms with Crippen molar-refractivity contribution in [3.63, 3.8) is 0 Å². The summed E-state index contributed by atoms with van der Waals surface area (Å²) in [6.45, 7) is 2.36. The monoisotopic (exact) mass is 413 g/mol. The predicted octanol–water partition coefficient (Wildman–Crippen LogP) is 4.48. The Morgan fingerprint density at radius 1 is 1.07 bits per heavy atom. The van der Waals surface area contributed by atoms with Crippen LogP contribution in [0.4, 0.5) is 18.9 Å². The SMILES string of the molecule is CC(C)(Oc1ccc(F)cc1)C(=O)OCC(=O)Nc1ccc(SC(F)F)cc1. The van der Waals surface area contributed by atoms with E-state index < -0.39 is 35.7 Å². The number of carbonyl (C=O) groups is 2. The Labute approximate surface area is 164 Å². The Hall–Kier alpha value is -2.68. The molecule has 1 amide bonds. The van der Waals surface area contributed by atoms with Crippen LogP contribution in [-0.4, -0.2) is 29.8 Å². The van der Waals surface area contributed by atoms with E-state index in [1.54, 1.807) is 0 Å². The minimum Gasteiger partial charge on any atom is -0.476 e. The minimum absolute atomic E-state index is 0.273. The molecule has 5 nitrogen and oxygen atoms in total. The lowest BCUT2D eigenvalue weighted by Gasteiger charge is -2.24. The van der Waals surface area contributed by atoms with Gasteiger partial charge in [0.25, 0.3) is 11.7 Å². The molecule has 0 saturated carbocycles. The summed E-state index contributed by atoms with van der Waals surface area (Å²) in [6, 6.07) is 10.9. The molecule has 9 heteroatoms. The predicted molar refractivity (Wildman–Crippen MR) is 99.0 cm³/mol.